The number of rotatable bonds is 8. The highest BCUT2D eigenvalue weighted by Gasteiger charge is 2.41. The summed E-state index contributed by atoms with van der Waals surface area (Å²) in [5, 5.41) is 0.154. The second kappa shape index (κ2) is 9.18. The number of nitrogens with zero attached hydrogens (tertiary/aromatic N) is 1. The third-order valence-electron chi connectivity index (χ3n) is 4.34. The highest BCUT2D eigenvalue weighted by Crippen LogP contribution is 2.42. The summed E-state index contributed by atoms with van der Waals surface area (Å²) in [6.45, 7) is 6.53. The van der Waals surface area contributed by atoms with Crippen molar-refractivity contribution >= 4 is 34.8 Å². The maximum absolute atomic E-state index is 13.4. The van der Waals surface area contributed by atoms with Crippen LogP contribution in [0.25, 0.3) is 5.57 Å². The van der Waals surface area contributed by atoms with Gasteiger partial charge in [-0.05, 0) is 36.2 Å². The van der Waals surface area contributed by atoms with E-state index in [2.05, 4.69) is 0 Å². The average Bonchev–Trinajstić information content (AvgIpc) is 2.96. The van der Waals surface area contributed by atoms with Gasteiger partial charge >= 0.3 is 0 Å². The molecule has 1 aliphatic heterocycles. The molecule has 0 atom stereocenters. The Hall–Kier alpha value is -2.73. The van der Waals surface area contributed by atoms with Crippen LogP contribution in [0.4, 0.5) is 5.69 Å². The topological polar surface area (TPSA) is 55.8 Å². The normalized spacial score (nSPS) is 14.2. The molecule has 0 aromatic heterocycles. The Morgan fingerprint density at radius 1 is 1.00 bits per heavy atom. The molecule has 6 heteroatoms. The van der Waals surface area contributed by atoms with Gasteiger partial charge in [-0.1, -0.05) is 45.0 Å². The third kappa shape index (κ3) is 4.32. The molecule has 2 aromatic rings. The molecule has 29 heavy (non-hydrogen) atoms. The van der Waals surface area contributed by atoms with Crippen molar-refractivity contribution in [3.05, 3.63) is 59.0 Å². The van der Waals surface area contributed by atoms with Crippen molar-refractivity contribution in [2.45, 2.75) is 32.4 Å². The number of para-hydroxylation sites is 2. The van der Waals surface area contributed by atoms with Crippen molar-refractivity contribution in [2.24, 2.45) is 0 Å². The lowest BCUT2D eigenvalue weighted by Gasteiger charge is -2.19. The van der Waals surface area contributed by atoms with Gasteiger partial charge in [-0.2, -0.15) is 0 Å². The molecule has 0 saturated heterocycles. The Morgan fingerprint density at radius 3 is 2.31 bits per heavy atom. The van der Waals surface area contributed by atoms with Crippen molar-refractivity contribution in [3.8, 4) is 11.5 Å². The molecule has 1 aliphatic rings. The molecule has 0 bridgehead atoms. The maximum atomic E-state index is 13.4. The molecule has 0 N–H and O–H groups in total. The van der Waals surface area contributed by atoms with Crippen LogP contribution in [0.1, 0.15) is 32.8 Å². The van der Waals surface area contributed by atoms with Gasteiger partial charge in [-0.25, -0.2) is 4.90 Å². The van der Waals surface area contributed by atoms with Crippen LogP contribution in [-0.2, 0) is 9.59 Å². The fourth-order valence-corrected chi connectivity index (χ4v) is 4.05. The zero-order valence-electron chi connectivity index (χ0n) is 17.1. The summed E-state index contributed by atoms with van der Waals surface area (Å²) in [4.78, 5) is 28.5. The second-order valence-electron chi connectivity index (χ2n) is 6.86. The van der Waals surface area contributed by atoms with Crippen LogP contribution in [0.15, 0.2) is 53.4 Å². The van der Waals surface area contributed by atoms with E-state index in [1.165, 1.54) is 16.7 Å². The van der Waals surface area contributed by atoms with Crippen LogP contribution in [0.5, 0.6) is 11.5 Å². The maximum Gasteiger partial charge on any atom is 0.272 e. The van der Waals surface area contributed by atoms with Crippen LogP contribution in [-0.4, -0.2) is 30.8 Å². The molecule has 0 aliphatic carbocycles. The smallest absolute Gasteiger partial charge is 0.272 e. The first-order valence-electron chi connectivity index (χ1n) is 9.63. The molecule has 2 amide bonds. The van der Waals surface area contributed by atoms with Crippen molar-refractivity contribution < 1.29 is 19.1 Å². The van der Waals surface area contributed by atoms with Crippen LogP contribution in [0, 0.1) is 0 Å². The Labute approximate surface area is 175 Å². The highest BCUT2D eigenvalue weighted by molar-refractivity contribution is 8.04. The van der Waals surface area contributed by atoms with Gasteiger partial charge in [0.15, 0.2) is 0 Å². The minimum absolute atomic E-state index is 0.154. The largest absolute Gasteiger partial charge is 0.497 e. The molecule has 5 nitrogen and oxygen atoms in total. The molecular weight excluding hydrogens is 386 g/mol. The fourth-order valence-electron chi connectivity index (χ4n) is 3.06. The zero-order valence-corrected chi connectivity index (χ0v) is 17.9. The van der Waals surface area contributed by atoms with Gasteiger partial charge in [-0.3, -0.25) is 9.59 Å². The molecule has 2 aromatic carbocycles. The Kier molecular flexibility index (Phi) is 6.64. The van der Waals surface area contributed by atoms with E-state index < -0.39 is 0 Å². The van der Waals surface area contributed by atoms with Crippen molar-refractivity contribution in [1.29, 1.82) is 0 Å². The number of anilines is 1. The highest BCUT2D eigenvalue weighted by atomic mass is 32.2. The van der Waals surface area contributed by atoms with Gasteiger partial charge in [0.05, 0.1) is 29.9 Å². The van der Waals surface area contributed by atoms with Crippen LogP contribution in [0.3, 0.4) is 0 Å². The van der Waals surface area contributed by atoms with E-state index in [-0.39, 0.29) is 17.1 Å². The molecular formula is C23H25NO4S. The average molecular weight is 412 g/mol. The molecule has 0 fully saturated rings. The summed E-state index contributed by atoms with van der Waals surface area (Å²) >= 11 is 1.40. The van der Waals surface area contributed by atoms with E-state index in [1.54, 1.807) is 37.4 Å². The summed E-state index contributed by atoms with van der Waals surface area (Å²) < 4.78 is 11.0. The molecule has 0 spiro atoms. The predicted octanol–water partition coefficient (Wildman–Crippen LogP) is 4.91. The monoisotopic (exact) mass is 411 g/mol. The SMILES string of the molecule is CCCOc1ccccc1N1C(=O)C(SC(C)C)=C(c2ccc(OC)cc2)C1=O. The van der Waals surface area contributed by atoms with Gasteiger partial charge in [-0.15, -0.1) is 11.8 Å². The van der Waals surface area contributed by atoms with Gasteiger partial charge in [0.2, 0.25) is 0 Å². The van der Waals surface area contributed by atoms with Gasteiger partial charge < -0.3 is 9.47 Å². The second-order valence-corrected chi connectivity index (χ2v) is 8.45. The summed E-state index contributed by atoms with van der Waals surface area (Å²) in [7, 11) is 1.59. The lowest BCUT2D eigenvalue weighted by molar-refractivity contribution is -0.119. The van der Waals surface area contributed by atoms with Crippen molar-refractivity contribution in [2.75, 3.05) is 18.6 Å². The van der Waals surface area contributed by atoms with E-state index >= 15 is 0 Å². The van der Waals surface area contributed by atoms with Crippen LogP contribution in [0.2, 0.25) is 0 Å². The molecule has 1 heterocycles. The number of ether oxygens (including phenoxy) is 2. The van der Waals surface area contributed by atoms with Crippen LogP contribution >= 0.6 is 11.8 Å². The Bertz CT molecular complexity index is 934. The van der Waals surface area contributed by atoms with E-state index in [0.29, 0.717) is 39.8 Å². The molecule has 0 saturated carbocycles. The number of benzene rings is 2. The molecule has 0 radical (unpaired) electrons. The van der Waals surface area contributed by atoms with Gasteiger partial charge in [0.25, 0.3) is 11.8 Å². The number of thioether (sulfide) groups is 1. The summed E-state index contributed by atoms with van der Waals surface area (Å²) in [6.07, 6.45) is 0.833. The van der Waals surface area contributed by atoms with E-state index in [0.717, 1.165) is 6.42 Å². The van der Waals surface area contributed by atoms with Gasteiger partial charge in [0.1, 0.15) is 11.5 Å². The Balaban J connectivity index is 2.06. The minimum atomic E-state index is -0.337. The summed E-state index contributed by atoms with van der Waals surface area (Å²) in [5.41, 5.74) is 1.59. The number of imide groups is 1. The molecule has 0 unspecified atom stereocenters. The van der Waals surface area contributed by atoms with E-state index in [4.69, 9.17) is 9.47 Å². The van der Waals surface area contributed by atoms with Crippen molar-refractivity contribution in [1.82, 2.24) is 0 Å². The lowest BCUT2D eigenvalue weighted by atomic mass is 10.1. The minimum Gasteiger partial charge on any atom is -0.497 e. The number of hydrogen-bond donors (Lipinski definition) is 0. The first-order chi connectivity index (χ1) is 14.0. The van der Waals surface area contributed by atoms with E-state index in [9.17, 15) is 9.59 Å². The summed E-state index contributed by atoms with van der Waals surface area (Å²) in [5.74, 6) is 0.572. The number of methoxy groups -OCH3 is 1. The standard InChI is InChI=1S/C23H25NO4S/c1-5-14-28-19-9-7-6-8-18(19)24-22(25)20(21(23(24)26)29-15(2)3)16-10-12-17(27-4)13-11-16/h6-13,15H,5,14H2,1-4H3. The molecule has 3 rings (SSSR count). The van der Waals surface area contributed by atoms with Gasteiger partial charge in [0, 0.05) is 5.25 Å². The molecule has 152 valence electrons. The number of hydrogen-bond acceptors (Lipinski definition) is 5. The van der Waals surface area contributed by atoms with E-state index in [1.807, 2.05) is 39.0 Å². The lowest BCUT2D eigenvalue weighted by Crippen LogP contribution is -2.31. The van der Waals surface area contributed by atoms with Crippen molar-refractivity contribution in [3.63, 3.8) is 0 Å². The first kappa shape index (κ1) is 21.0. The third-order valence-corrected chi connectivity index (χ3v) is 5.43. The first-order valence-corrected chi connectivity index (χ1v) is 10.5. The zero-order chi connectivity index (χ0) is 21.0. The predicted molar refractivity (Wildman–Crippen MR) is 117 cm³/mol. The summed E-state index contributed by atoms with van der Waals surface area (Å²) in [6, 6.07) is 14.4. The number of carbonyl (C=O) groups is 2. The van der Waals surface area contributed by atoms with Crippen LogP contribution < -0.4 is 14.4 Å². The number of amides is 2. The fraction of sp³-hybridized carbons (Fsp3) is 0.304. The Morgan fingerprint density at radius 2 is 1.69 bits per heavy atom. The number of carbonyl (C=O) groups excluding carboxylic acids is 2. The quantitative estimate of drug-likeness (QED) is 0.578.